The van der Waals surface area contributed by atoms with Crippen molar-refractivity contribution in [3.05, 3.63) is 175 Å². The first kappa shape index (κ1) is 132. The fraction of sp³-hybridized carbons (Fsp3) is 0.578. The van der Waals surface area contributed by atoms with E-state index in [9.17, 15) is 27.6 Å². The fourth-order valence-corrected chi connectivity index (χ4v) is 16.6. The van der Waals surface area contributed by atoms with Gasteiger partial charge in [-0.15, -0.1) is 38.0 Å². The van der Waals surface area contributed by atoms with Crippen LogP contribution in [0.5, 0.6) is 0 Å². The van der Waals surface area contributed by atoms with Crippen molar-refractivity contribution in [1.29, 1.82) is 0 Å². The zero-order chi connectivity index (χ0) is 98.0. The van der Waals surface area contributed by atoms with Crippen molar-refractivity contribution in [3.63, 3.8) is 0 Å². The van der Waals surface area contributed by atoms with E-state index in [2.05, 4.69) is 281 Å². The van der Waals surface area contributed by atoms with Crippen LogP contribution in [0.25, 0.3) is 0 Å². The quantitative estimate of drug-likeness (QED) is 0.0374. The van der Waals surface area contributed by atoms with Crippen LogP contribution in [0.3, 0.4) is 0 Å². The molecule has 20 nitrogen and oxygen atoms in total. The zero-order valence-electron chi connectivity index (χ0n) is 79.6. The summed E-state index contributed by atoms with van der Waals surface area (Å²) in [5.41, 5.74) is 5.57. The molecule has 742 valence electrons. The molecule has 131 heavy (non-hydrogen) atoms. The third-order valence-corrected chi connectivity index (χ3v) is 27.7. The van der Waals surface area contributed by atoms with E-state index in [4.69, 9.17) is 77.7 Å². The van der Waals surface area contributed by atoms with Crippen LogP contribution in [-0.2, 0) is 87.5 Å². The van der Waals surface area contributed by atoms with Crippen molar-refractivity contribution >= 4 is 237 Å². The molecule has 0 spiro atoms. The van der Waals surface area contributed by atoms with Gasteiger partial charge in [0.1, 0.15) is 40.1 Å². The summed E-state index contributed by atoms with van der Waals surface area (Å²) in [6.07, 6.45) is 3.52. The molecular weight excluding hydrogens is 2420 g/mol. The molecule has 0 aliphatic carbocycles. The van der Waals surface area contributed by atoms with E-state index in [1.165, 1.54) is 104 Å². The number of halogens is 12. The first-order valence-corrected chi connectivity index (χ1v) is 58.6. The third kappa shape index (κ3) is 58.2. The Morgan fingerprint density at radius 1 is 0.496 bits per heavy atom. The number of aryl methyl sites for hydroxylation is 1. The second-order valence-electron chi connectivity index (χ2n) is 34.0. The zero-order valence-corrected chi connectivity index (χ0v) is 103. The number of nitrogens with one attached hydrogen (secondary N) is 1. The van der Waals surface area contributed by atoms with E-state index in [-0.39, 0.29) is 63.1 Å². The number of ether oxygens (including phenoxy) is 8. The summed E-state index contributed by atoms with van der Waals surface area (Å²) in [4.78, 5) is 65.8. The van der Waals surface area contributed by atoms with Crippen molar-refractivity contribution in [2.45, 2.75) is 183 Å². The van der Waals surface area contributed by atoms with Gasteiger partial charge in [0.15, 0.2) is 23.2 Å². The first-order valence-electron chi connectivity index (χ1n) is 41.8. The normalized spacial score (nSPS) is 14.0. The van der Waals surface area contributed by atoms with Crippen LogP contribution < -0.4 is 20.0 Å². The third-order valence-electron chi connectivity index (χ3n) is 18.2. The number of hydrogen-bond acceptors (Lipinski definition) is 25. The number of carbonyl (C=O) groups excluding carboxylic acids is 3. The maximum atomic E-state index is 13.7. The van der Waals surface area contributed by atoms with E-state index in [1.54, 1.807) is 61.6 Å². The number of thiazole rings is 5. The van der Waals surface area contributed by atoms with Crippen molar-refractivity contribution in [3.8, 4) is 0 Å². The van der Waals surface area contributed by atoms with Crippen molar-refractivity contribution in [2.24, 2.45) is 21.7 Å². The average Bonchev–Trinajstić information content (AvgIpc) is 1.67. The van der Waals surface area contributed by atoms with Gasteiger partial charge in [0.05, 0.1) is 105 Å². The number of anilines is 3. The molecule has 5 aliphatic rings. The minimum absolute atomic E-state index is 0. The summed E-state index contributed by atoms with van der Waals surface area (Å²) in [5.74, 6) is -0.923. The van der Waals surface area contributed by atoms with Gasteiger partial charge in [-0.25, -0.2) is 52.5 Å². The summed E-state index contributed by atoms with van der Waals surface area (Å²) >= 11 is 44.3. The average molecular weight is 2550 g/mol. The molecule has 0 bridgehead atoms. The number of hydrogen-bond donors (Lipinski definition) is 1. The topological polar surface area (TPSA) is 211 Å². The second-order valence-corrected chi connectivity index (χ2v) is 46.8. The molecule has 10 heterocycles. The molecule has 8 aromatic rings. The molecule has 5 fully saturated rings. The molecule has 0 amide bonds. The van der Waals surface area contributed by atoms with E-state index < -0.39 is 17.6 Å². The molecule has 13 rings (SSSR count). The Balaban J connectivity index is 0. The minimum atomic E-state index is -0.486. The van der Waals surface area contributed by atoms with Crippen molar-refractivity contribution < 1.29 is 102 Å². The van der Waals surface area contributed by atoms with Gasteiger partial charge in [-0.05, 0) is 182 Å². The van der Waals surface area contributed by atoms with Crippen LogP contribution in [0.15, 0.2) is 81.6 Å². The second kappa shape index (κ2) is 70.6. The molecule has 2 unspecified atom stereocenters. The summed E-state index contributed by atoms with van der Waals surface area (Å²) in [6.45, 7) is 66.7. The van der Waals surface area contributed by atoms with E-state index in [0.29, 0.717) is 130 Å². The Morgan fingerprint density at radius 3 is 1.11 bits per heavy atom. The van der Waals surface area contributed by atoms with E-state index in [1.807, 2.05) is 11.4 Å². The Hall–Kier alpha value is -1.06. The summed E-state index contributed by atoms with van der Waals surface area (Å²) in [5, 5.41) is 8.49. The predicted molar refractivity (Wildman–Crippen MR) is 566 cm³/mol. The number of esters is 3. The van der Waals surface area contributed by atoms with Crippen LogP contribution in [0, 0.1) is 58.9 Å². The van der Waals surface area contributed by atoms with E-state index >= 15 is 0 Å². The van der Waals surface area contributed by atoms with Gasteiger partial charge >= 0.3 is 47.9 Å². The van der Waals surface area contributed by atoms with Crippen LogP contribution in [0.4, 0.5) is 28.6 Å². The van der Waals surface area contributed by atoms with Crippen LogP contribution in [0.1, 0.15) is 220 Å². The maximum absolute atomic E-state index is 13.7. The molecule has 2 atom stereocenters. The SMILES string of the molecule is Brc1csc(Br)n1.C1CCOC1.C1COCCN1.CC(C)(C)C(C)(C)C.CC(C)(C)C(C)(C)C.CC(C)(C)P.CCOC(=O)c1sc(Br)nc1Br.CCOC(=O)c1sc(N2CCOCC2)nc1Br.CCOC(=O)c1sc(N2CCOCC2)nc1Cc1ccc(Cl)c(F)c1.C[C-](C)C.Cc1sc(N2CCOCC2)nc1Cc1ccc(Cl)c(F)c1.P.[CH2-]c1ccc(Cl)c(F)c1.[Pd].[Zn+][Br]. The van der Waals surface area contributed by atoms with Crippen molar-refractivity contribution in [1.82, 2.24) is 30.2 Å². The number of aromatic nitrogens is 5. The summed E-state index contributed by atoms with van der Waals surface area (Å²) in [7, 11) is 2.72. The van der Waals surface area contributed by atoms with Gasteiger partial charge in [-0.2, -0.15) is 49.2 Å². The van der Waals surface area contributed by atoms with Gasteiger partial charge in [0.2, 0.25) is 0 Å². The van der Waals surface area contributed by atoms with E-state index in [0.717, 1.165) is 127 Å². The summed E-state index contributed by atoms with van der Waals surface area (Å²) in [6, 6.07) is 14.0. The van der Waals surface area contributed by atoms with Crippen LogP contribution in [0.2, 0.25) is 15.1 Å². The number of rotatable bonds is 13. The Bertz CT molecular complexity index is 4390. The molecule has 5 saturated heterocycles. The number of morpholine rings is 4. The molecule has 5 aliphatic heterocycles. The number of carbonyl (C=O) groups is 3. The monoisotopic (exact) mass is 2540 g/mol. The molecule has 3 aromatic carbocycles. The Kier molecular flexibility index (Phi) is 71.1. The number of nitrogens with zero attached hydrogens (tertiary/aromatic N) is 8. The Morgan fingerprint density at radius 2 is 0.817 bits per heavy atom. The van der Waals surface area contributed by atoms with Gasteiger partial charge in [-0.1, -0.05) is 191 Å². The molecular formula is C90H134Br6Cl3F3N9O11P2PdS5Zn-. The fourth-order valence-electron chi connectivity index (χ4n) is 8.76. The van der Waals surface area contributed by atoms with Crippen LogP contribution in [-0.4, -0.2) is 186 Å². The molecule has 5 aromatic heterocycles. The first-order chi connectivity index (χ1) is 60.3. The Labute approximate surface area is 892 Å². The van der Waals surface area contributed by atoms with Gasteiger partial charge in [-0.3, -0.25) is 0 Å². The van der Waals surface area contributed by atoms with Gasteiger partial charge < -0.3 is 63.8 Å². The van der Waals surface area contributed by atoms with Crippen molar-refractivity contribution in [2.75, 3.05) is 153 Å². The molecule has 1 N–H and O–H groups in total. The van der Waals surface area contributed by atoms with Gasteiger partial charge in [0.25, 0.3) is 0 Å². The predicted octanol–water partition coefficient (Wildman–Crippen LogP) is 28.0. The summed E-state index contributed by atoms with van der Waals surface area (Å²) < 4.78 is 84.0. The van der Waals surface area contributed by atoms with Crippen LogP contribution >= 0.6 is 204 Å². The number of benzene rings is 3. The standard InChI is InChI=1S/C17H18ClFN2O3S.C15H16ClFN2OS.C10H13BrN2O3S.2C8H18.C7H5ClF.C6H5Br2NO2S.C4H9NO.C4H8O.C4H11P.C4H9.C3HBr2NS.BrH.H3P.Pd.Zn/c1-2-24-16(22)15-14(10-11-3-4-12(18)13(19)9-11)20-17(25-15)21-5-7-23-8-6-21;1-10-14(9-11-2-3-12(16)13(17)8-11)18-15(21-10)19-4-6-20-7-5-19;1-2-16-9(14)7-8(11)12-10(17-7)13-3-5-15-6-4-13;2*1-7(2,3)8(4,5)6;1-5-2-3-6(8)7(9)4-5;1-2-11-5(10)3-4(7)9-6(8)12-3;1-3-6-4-2-5-1;1-2-4-5-3-1;1-4(2,3)5;1-4(2)3;4-2-1-7-3(5)6-2;;;;/h3-4,9H,2,5-8,10H2,1H3;2-3,8H,4-7,9H2,1H3;2-6H2,1H3;2*1-6H3;2-4H,1H2;2H2,1H3;5H,1-4H2;1-4H2;5H2,1-3H3;1-3H3;1H;1H;1H3;;/q;;;;;-1;;;;;-1;;;;;+2/p-1. The van der Waals surface area contributed by atoms with Gasteiger partial charge in [0, 0.05) is 109 Å². The molecule has 41 heteroatoms. The molecule has 0 saturated carbocycles. The molecule has 0 radical (unpaired) electrons.